The van der Waals surface area contributed by atoms with Crippen LogP contribution in [0.1, 0.15) is 63.5 Å². The zero-order chi connectivity index (χ0) is 20.1. The van der Waals surface area contributed by atoms with Gasteiger partial charge >= 0.3 is 0 Å². The van der Waals surface area contributed by atoms with Crippen LogP contribution in [0, 0.1) is 11.8 Å². The second-order valence-corrected chi connectivity index (χ2v) is 9.13. The Bertz CT molecular complexity index is 667. The Morgan fingerprint density at radius 1 is 1.07 bits per heavy atom. The van der Waals surface area contributed by atoms with Crippen LogP contribution in [0.25, 0.3) is 0 Å². The lowest BCUT2D eigenvalue weighted by Gasteiger charge is -2.30. The summed E-state index contributed by atoms with van der Waals surface area (Å²) in [5, 5.41) is 6.28. The van der Waals surface area contributed by atoms with Gasteiger partial charge in [-0.25, -0.2) is 4.98 Å². The van der Waals surface area contributed by atoms with E-state index in [0.29, 0.717) is 25.0 Å². The van der Waals surface area contributed by atoms with Crippen molar-refractivity contribution in [1.82, 2.24) is 25.5 Å². The van der Waals surface area contributed by atoms with E-state index in [2.05, 4.69) is 25.5 Å². The maximum absolute atomic E-state index is 12.5. The van der Waals surface area contributed by atoms with Crippen LogP contribution in [0.4, 0.5) is 0 Å². The molecule has 7 heteroatoms. The van der Waals surface area contributed by atoms with E-state index < -0.39 is 0 Å². The summed E-state index contributed by atoms with van der Waals surface area (Å²) in [6, 6.07) is 0.680. The molecule has 1 aromatic rings. The minimum atomic E-state index is 0.131. The SMILES string of the molecule is O=C(C[C@H]1CC[C@@H](CNC(=O)C2CCCC2)N1CC1CC1)NCCc1cnc[nH]1. The number of likely N-dealkylation sites (tertiary alicyclic amines) is 1. The Hall–Kier alpha value is -1.89. The van der Waals surface area contributed by atoms with Crippen molar-refractivity contribution in [3.63, 3.8) is 0 Å². The van der Waals surface area contributed by atoms with Gasteiger partial charge in [-0.1, -0.05) is 12.8 Å². The zero-order valence-electron chi connectivity index (χ0n) is 17.4. The highest BCUT2D eigenvalue weighted by atomic mass is 16.2. The van der Waals surface area contributed by atoms with E-state index in [0.717, 1.165) is 56.8 Å². The topological polar surface area (TPSA) is 90.1 Å². The number of carbonyl (C=O) groups is 2. The molecule has 0 aromatic carbocycles. The molecule has 160 valence electrons. The molecule has 4 rings (SSSR count). The van der Waals surface area contributed by atoms with Gasteiger partial charge in [0.2, 0.25) is 11.8 Å². The number of rotatable bonds is 10. The van der Waals surface area contributed by atoms with Gasteiger partial charge in [0.15, 0.2) is 0 Å². The Morgan fingerprint density at radius 3 is 2.59 bits per heavy atom. The molecule has 0 bridgehead atoms. The van der Waals surface area contributed by atoms with Crippen molar-refractivity contribution in [2.75, 3.05) is 19.6 Å². The minimum absolute atomic E-state index is 0.131. The highest BCUT2D eigenvalue weighted by Crippen LogP contribution is 2.35. The van der Waals surface area contributed by atoms with Crippen molar-refractivity contribution in [2.24, 2.45) is 11.8 Å². The normalized spacial score (nSPS) is 25.4. The third kappa shape index (κ3) is 5.81. The lowest BCUT2D eigenvalue weighted by Crippen LogP contribution is -2.46. The fraction of sp³-hybridized carbons (Fsp3) is 0.773. The van der Waals surface area contributed by atoms with Crippen LogP contribution in [-0.2, 0) is 16.0 Å². The first-order valence-electron chi connectivity index (χ1n) is 11.5. The molecule has 0 unspecified atom stereocenters. The quantitative estimate of drug-likeness (QED) is 0.559. The number of nitrogens with zero attached hydrogens (tertiary/aromatic N) is 2. The Kier molecular flexibility index (Phi) is 6.85. The molecule has 3 aliphatic rings. The van der Waals surface area contributed by atoms with Crippen LogP contribution in [0.2, 0.25) is 0 Å². The van der Waals surface area contributed by atoms with E-state index in [4.69, 9.17) is 0 Å². The van der Waals surface area contributed by atoms with Gasteiger partial charge in [0.1, 0.15) is 0 Å². The minimum Gasteiger partial charge on any atom is -0.356 e. The van der Waals surface area contributed by atoms with Crippen molar-refractivity contribution >= 4 is 11.8 Å². The molecule has 3 N–H and O–H groups in total. The summed E-state index contributed by atoms with van der Waals surface area (Å²) in [6.07, 6.45) is 14.0. The molecule has 2 saturated carbocycles. The van der Waals surface area contributed by atoms with Crippen LogP contribution < -0.4 is 10.6 Å². The molecule has 2 amide bonds. The summed E-state index contributed by atoms with van der Waals surface area (Å²) in [4.78, 5) is 34.5. The summed E-state index contributed by atoms with van der Waals surface area (Å²) in [5.41, 5.74) is 1.04. The molecule has 29 heavy (non-hydrogen) atoms. The predicted octanol–water partition coefficient (Wildman–Crippen LogP) is 2.01. The molecule has 2 aliphatic carbocycles. The van der Waals surface area contributed by atoms with E-state index in [-0.39, 0.29) is 17.7 Å². The van der Waals surface area contributed by atoms with Crippen molar-refractivity contribution in [1.29, 1.82) is 0 Å². The summed E-state index contributed by atoms with van der Waals surface area (Å²) in [5.74, 6) is 1.39. The smallest absolute Gasteiger partial charge is 0.223 e. The molecular weight excluding hydrogens is 366 g/mol. The molecule has 1 saturated heterocycles. The molecule has 0 radical (unpaired) electrons. The Morgan fingerprint density at radius 2 is 1.86 bits per heavy atom. The summed E-state index contributed by atoms with van der Waals surface area (Å²) >= 11 is 0. The highest BCUT2D eigenvalue weighted by Gasteiger charge is 2.38. The molecule has 0 spiro atoms. The lowest BCUT2D eigenvalue weighted by atomic mass is 10.1. The van der Waals surface area contributed by atoms with Gasteiger partial charge in [0.25, 0.3) is 0 Å². The van der Waals surface area contributed by atoms with Crippen LogP contribution >= 0.6 is 0 Å². The monoisotopic (exact) mass is 401 g/mol. The van der Waals surface area contributed by atoms with Gasteiger partial charge in [-0.05, 0) is 44.4 Å². The van der Waals surface area contributed by atoms with Gasteiger partial charge in [0, 0.05) is 62.4 Å². The Labute approximate surface area is 173 Å². The standard InChI is InChI=1S/C22H35N5O2/c28-21(24-10-9-18-12-23-15-26-18)11-19-7-8-20(27(19)14-16-5-6-16)13-25-22(29)17-3-1-2-4-17/h12,15-17,19-20H,1-11,13-14H2,(H,23,26)(H,24,28)(H,25,29)/t19-,20+/m1/s1. The van der Waals surface area contributed by atoms with Crippen molar-refractivity contribution in [3.8, 4) is 0 Å². The number of H-pyrrole nitrogens is 1. The predicted molar refractivity (Wildman–Crippen MR) is 111 cm³/mol. The largest absolute Gasteiger partial charge is 0.356 e. The lowest BCUT2D eigenvalue weighted by molar-refractivity contribution is -0.125. The first-order valence-corrected chi connectivity index (χ1v) is 11.5. The highest BCUT2D eigenvalue weighted by molar-refractivity contribution is 5.79. The molecule has 2 atom stereocenters. The van der Waals surface area contributed by atoms with Crippen LogP contribution in [0.3, 0.4) is 0 Å². The van der Waals surface area contributed by atoms with Gasteiger partial charge in [-0.3, -0.25) is 14.5 Å². The van der Waals surface area contributed by atoms with Crippen molar-refractivity contribution < 1.29 is 9.59 Å². The molecule has 7 nitrogen and oxygen atoms in total. The fourth-order valence-electron chi connectivity index (χ4n) is 4.94. The third-order valence-corrected chi connectivity index (χ3v) is 6.87. The number of aromatic amines is 1. The number of aromatic nitrogens is 2. The third-order valence-electron chi connectivity index (χ3n) is 6.87. The van der Waals surface area contributed by atoms with Crippen LogP contribution in [-0.4, -0.2) is 58.4 Å². The second kappa shape index (κ2) is 9.74. The number of hydrogen-bond acceptors (Lipinski definition) is 4. The zero-order valence-corrected chi connectivity index (χ0v) is 17.4. The summed E-state index contributed by atoms with van der Waals surface area (Å²) < 4.78 is 0. The number of imidazole rings is 1. The van der Waals surface area contributed by atoms with Gasteiger partial charge in [0.05, 0.1) is 6.33 Å². The number of carbonyl (C=O) groups excluding carboxylic acids is 2. The maximum atomic E-state index is 12.5. The maximum Gasteiger partial charge on any atom is 0.223 e. The van der Waals surface area contributed by atoms with E-state index in [1.165, 1.54) is 25.7 Å². The van der Waals surface area contributed by atoms with Crippen LogP contribution in [0.5, 0.6) is 0 Å². The first-order chi connectivity index (χ1) is 14.2. The average Bonchev–Trinajstić information content (AvgIpc) is 3.11. The fourth-order valence-corrected chi connectivity index (χ4v) is 4.94. The Balaban J connectivity index is 1.23. The van der Waals surface area contributed by atoms with Gasteiger partial charge < -0.3 is 15.6 Å². The van der Waals surface area contributed by atoms with E-state index in [9.17, 15) is 9.59 Å². The summed E-state index contributed by atoms with van der Waals surface area (Å²) in [6.45, 7) is 2.45. The van der Waals surface area contributed by atoms with Crippen LogP contribution in [0.15, 0.2) is 12.5 Å². The first kappa shape index (κ1) is 20.4. The van der Waals surface area contributed by atoms with E-state index >= 15 is 0 Å². The average molecular weight is 402 g/mol. The van der Waals surface area contributed by atoms with Gasteiger partial charge in [-0.2, -0.15) is 0 Å². The number of amides is 2. The van der Waals surface area contributed by atoms with Crippen molar-refractivity contribution in [2.45, 2.75) is 76.3 Å². The summed E-state index contributed by atoms with van der Waals surface area (Å²) in [7, 11) is 0. The van der Waals surface area contributed by atoms with Crippen molar-refractivity contribution in [3.05, 3.63) is 18.2 Å². The van der Waals surface area contributed by atoms with E-state index in [1.54, 1.807) is 12.5 Å². The molecule has 1 aromatic heterocycles. The van der Waals surface area contributed by atoms with Gasteiger partial charge in [-0.15, -0.1) is 0 Å². The second-order valence-electron chi connectivity index (χ2n) is 9.13. The number of nitrogens with one attached hydrogen (secondary N) is 3. The molecule has 1 aliphatic heterocycles. The van der Waals surface area contributed by atoms with E-state index in [1.807, 2.05) is 0 Å². The number of hydrogen-bond donors (Lipinski definition) is 3. The molecule has 2 heterocycles. The molecule has 3 fully saturated rings. The molecular formula is C22H35N5O2.